The fraction of sp³-hybridized carbons (Fsp3) is 0.500. The van der Waals surface area contributed by atoms with Gasteiger partial charge in [-0.2, -0.15) is 18.3 Å². The molecule has 1 aliphatic heterocycles. The number of halogens is 3. The molecule has 1 atom stereocenters. The van der Waals surface area contributed by atoms with Gasteiger partial charge in [-0.25, -0.2) is 4.98 Å². The highest BCUT2D eigenvalue weighted by Crippen LogP contribution is 2.37. The van der Waals surface area contributed by atoms with Gasteiger partial charge < -0.3 is 9.84 Å². The Kier molecular flexibility index (Phi) is 9.32. The highest BCUT2D eigenvalue weighted by molar-refractivity contribution is 7.18. The summed E-state index contributed by atoms with van der Waals surface area (Å²) in [6, 6.07) is 11.2. The van der Waals surface area contributed by atoms with Gasteiger partial charge in [-0.15, -0.1) is 11.3 Å². The van der Waals surface area contributed by atoms with Gasteiger partial charge in [-0.1, -0.05) is 31.4 Å². The van der Waals surface area contributed by atoms with E-state index < -0.39 is 17.8 Å². The van der Waals surface area contributed by atoms with Crippen molar-refractivity contribution in [3.05, 3.63) is 65.4 Å². The normalized spacial score (nSPS) is 18.3. The summed E-state index contributed by atoms with van der Waals surface area (Å²) in [5, 5.41) is 16.3. The number of fused-ring (bicyclic) bond motifs is 1. The summed E-state index contributed by atoms with van der Waals surface area (Å²) in [5.74, 6) is 1.34. The molecule has 0 radical (unpaired) electrons. The molecule has 0 spiro atoms. The second-order valence-corrected chi connectivity index (χ2v) is 12.8. The van der Waals surface area contributed by atoms with Crippen LogP contribution in [0.5, 0.6) is 5.75 Å². The molecule has 2 aromatic heterocycles. The van der Waals surface area contributed by atoms with Crippen LogP contribution in [0.15, 0.2) is 54.9 Å². The maximum Gasteiger partial charge on any atom is 0.416 e. The van der Waals surface area contributed by atoms with Crippen LogP contribution in [0.3, 0.4) is 0 Å². The molecule has 7 nitrogen and oxygen atoms in total. The SMILES string of the molecule is O[C@H](COc1ccc2sc(C3CCCCC3)nc2c1)CN1CCN(CCn2cc(-c3ccc(C(F)(F)F)cc3)cn2)CC1. The van der Waals surface area contributed by atoms with Crippen LogP contribution < -0.4 is 4.74 Å². The smallest absolute Gasteiger partial charge is 0.416 e. The predicted molar refractivity (Wildman–Crippen MR) is 162 cm³/mol. The average Bonchev–Trinajstić information content (AvgIpc) is 3.67. The fourth-order valence-corrected chi connectivity index (χ4v) is 7.13. The zero-order valence-electron chi connectivity index (χ0n) is 24.2. The van der Waals surface area contributed by atoms with Crippen LogP contribution in [-0.2, 0) is 12.7 Å². The maximum atomic E-state index is 12.8. The Morgan fingerprint density at radius 2 is 1.67 bits per heavy atom. The highest BCUT2D eigenvalue weighted by Gasteiger charge is 2.30. The molecule has 0 bridgehead atoms. The molecule has 11 heteroatoms. The van der Waals surface area contributed by atoms with Crippen LogP contribution in [0.1, 0.15) is 48.6 Å². The van der Waals surface area contributed by atoms with Crippen molar-refractivity contribution in [2.24, 2.45) is 0 Å². The van der Waals surface area contributed by atoms with Gasteiger partial charge in [-0.3, -0.25) is 14.5 Å². The first-order chi connectivity index (χ1) is 20.8. The minimum Gasteiger partial charge on any atom is -0.491 e. The topological polar surface area (TPSA) is 66.7 Å². The van der Waals surface area contributed by atoms with E-state index in [1.165, 1.54) is 53.9 Å². The number of rotatable bonds is 10. The lowest BCUT2D eigenvalue weighted by Crippen LogP contribution is -2.49. The van der Waals surface area contributed by atoms with Crippen molar-refractivity contribution < 1.29 is 23.0 Å². The molecule has 1 N–H and O–H groups in total. The molecule has 2 fully saturated rings. The van der Waals surface area contributed by atoms with Crippen LogP contribution >= 0.6 is 11.3 Å². The van der Waals surface area contributed by atoms with Gasteiger partial charge in [-0.05, 0) is 42.7 Å². The first kappa shape index (κ1) is 30.1. The number of nitrogens with zero attached hydrogens (tertiary/aromatic N) is 5. The number of aromatic nitrogens is 3. The molecule has 3 heterocycles. The zero-order valence-corrected chi connectivity index (χ0v) is 25.0. The summed E-state index contributed by atoms with van der Waals surface area (Å²) in [5.41, 5.74) is 1.84. The van der Waals surface area contributed by atoms with Crippen LogP contribution in [-0.4, -0.2) is 81.7 Å². The highest BCUT2D eigenvalue weighted by atomic mass is 32.1. The second kappa shape index (κ2) is 13.3. The Morgan fingerprint density at radius 3 is 2.42 bits per heavy atom. The number of aliphatic hydroxyl groups excluding tert-OH is 1. The molecule has 2 aromatic carbocycles. The number of piperazine rings is 1. The number of hydrogen-bond donors (Lipinski definition) is 1. The number of hydrogen-bond acceptors (Lipinski definition) is 7. The van der Waals surface area contributed by atoms with Crippen LogP contribution in [0.2, 0.25) is 0 Å². The van der Waals surface area contributed by atoms with E-state index >= 15 is 0 Å². The first-order valence-electron chi connectivity index (χ1n) is 15.2. The lowest BCUT2D eigenvalue weighted by Gasteiger charge is -2.35. The van der Waals surface area contributed by atoms with E-state index in [0.717, 1.165) is 61.7 Å². The van der Waals surface area contributed by atoms with E-state index in [0.29, 0.717) is 24.6 Å². The zero-order chi connectivity index (χ0) is 29.8. The lowest BCUT2D eigenvalue weighted by molar-refractivity contribution is -0.137. The summed E-state index contributed by atoms with van der Waals surface area (Å²) >= 11 is 1.80. The first-order valence-corrected chi connectivity index (χ1v) is 16.0. The van der Waals surface area contributed by atoms with Crippen molar-refractivity contribution in [1.82, 2.24) is 24.6 Å². The van der Waals surface area contributed by atoms with Crippen molar-refractivity contribution >= 4 is 21.6 Å². The summed E-state index contributed by atoms with van der Waals surface area (Å²) in [6.45, 7) is 5.84. The van der Waals surface area contributed by atoms with Crippen molar-refractivity contribution in [2.75, 3.05) is 45.9 Å². The maximum absolute atomic E-state index is 12.8. The summed E-state index contributed by atoms with van der Waals surface area (Å²) in [4.78, 5) is 9.54. The van der Waals surface area contributed by atoms with E-state index in [1.807, 2.05) is 23.0 Å². The third-order valence-corrected chi connectivity index (χ3v) is 9.73. The molecular formula is C32H38F3N5O2S. The molecule has 0 amide bonds. The van der Waals surface area contributed by atoms with Gasteiger partial charge in [0.1, 0.15) is 18.5 Å². The molecule has 1 saturated heterocycles. The molecule has 1 aliphatic carbocycles. The molecule has 2 aliphatic rings. The Morgan fingerprint density at radius 1 is 0.930 bits per heavy atom. The van der Waals surface area contributed by atoms with Gasteiger partial charge >= 0.3 is 6.18 Å². The van der Waals surface area contributed by atoms with Crippen molar-refractivity contribution in [3.63, 3.8) is 0 Å². The molecule has 0 unspecified atom stereocenters. The average molecular weight is 614 g/mol. The standard InChI is InChI=1S/C32H38F3N5O2S/c33-32(34,35)26-8-6-23(7-9-26)25-19-36-40(20-25)17-16-38-12-14-39(15-13-38)21-27(41)22-42-28-10-11-30-29(18-28)37-31(43-30)24-4-2-1-3-5-24/h6-11,18-20,24,27,41H,1-5,12-17,21-22H2/t27-/m0/s1. The van der Waals surface area contributed by atoms with Gasteiger partial charge in [0.2, 0.25) is 0 Å². The lowest BCUT2D eigenvalue weighted by atomic mass is 9.90. The number of alkyl halides is 3. The number of aliphatic hydroxyl groups is 1. The number of ether oxygens (including phenoxy) is 1. The third kappa shape index (κ3) is 7.75. The largest absolute Gasteiger partial charge is 0.491 e. The van der Waals surface area contributed by atoms with Crippen molar-refractivity contribution in [3.8, 4) is 16.9 Å². The minimum absolute atomic E-state index is 0.242. The second-order valence-electron chi connectivity index (χ2n) is 11.7. The quantitative estimate of drug-likeness (QED) is 0.227. The Bertz CT molecular complexity index is 1470. The Balaban J connectivity index is 0.910. The molecule has 230 valence electrons. The van der Waals surface area contributed by atoms with E-state index in [1.54, 1.807) is 17.5 Å². The monoisotopic (exact) mass is 613 g/mol. The number of β-amino-alcohol motifs (C(OH)–C–C–N with tert-alkyl or cyclic N) is 1. The van der Waals surface area contributed by atoms with E-state index in [4.69, 9.17) is 9.72 Å². The van der Waals surface area contributed by atoms with Crippen molar-refractivity contribution in [1.29, 1.82) is 0 Å². The van der Waals surface area contributed by atoms with Crippen LogP contribution in [0, 0.1) is 0 Å². The van der Waals surface area contributed by atoms with Crippen molar-refractivity contribution in [2.45, 2.75) is 56.8 Å². The van der Waals surface area contributed by atoms with Gasteiger partial charge in [0.25, 0.3) is 0 Å². The molecule has 6 rings (SSSR count). The summed E-state index contributed by atoms with van der Waals surface area (Å²) in [6.07, 6.45) is 5.05. The fourth-order valence-electron chi connectivity index (χ4n) is 6.01. The van der Waals surface area contributed by atoms with Crippen LogP contribution in [0.25, 0.3) is 21.3 Å². The van der Waals surface area contributed by atoms with E-state index in [2.05, 4.69) is 21.0 Å². The Hall–Kier alpha value is -2.99. The van der Waals surface area contributed by atoms with Gasteiger partial charge in [0, 0.05) is 63.0 Å². The van der Waals surface area contributed by atoms with E-state index in [-0.39, 0.29) is 6.61 Å². The molecule has 43 heavy (non-hydrogen) atoms. The Labute approximate surface area is 253 Å². The predicted octanol–water partition coefficient (Wildman–Crippen LogP) is 6.28. The van der Waals surface area contributed by atoms with Gasteiger partial charge in [0.15, 0.2) is 0 Å². The third-order valence-electron chi connectivity index (χ3n) is 8.53. The minimum atomic E-state index is -4.34. The number of benzene rings is 2. The molecular weight excluding hydrogens is 575 g/mol. The van der Waals surface area contributed by atoms with E-state index in [9.17, 15) is 18.3 Å². The summed E-state index contributed by atoms with van der Waals surface area (Å²) in [7, 11) is 0. The summed E-state index contributed by atoms with van der Waals surface area (Å²) < 4.78 is 47.5. The van der Waals surface area contributed by atoms with Crippen LogP contribution in [0.4, 0.5) is 13.2 Å². The molecule has 4 aromatic rings. The molecule has 1 saturated carbocycles. The number of thiazole rings is 1. The van der Waals surface area contributed by atoms with Gasteiger partial charge in [0.05, 0.1) is 33.5 Å².